The van der Waals surface area contributed by atoms with Crippen molar-refractivity contribution in [2.75, 3.05) is 45.8 Å². The Morgan fingerprint density at radius 2 is 2.08 bits per heavy atom. The number of amides is 1. The highest BCUT2D eigenvalue weighted by Crippen LogP contribution is 2.17. The molecular weight excluding hydrogens is 320 g/mol. The van der Waals surface area contributed by atoms with Crippen LogP contribution >= 0.6 is 0 Å². The minimum Gasteiger partial charge on any atom is -0.453 e. The van der Waals surface area contributed by atoms with Gasteiger partial charge in [-0.15, -0.1) is 0 Å². The van der Waals surface area contributed by atoms with E-state index in [-0.39, 0.29) is 0 Å². The van der Waals surface area contributed by atoms with Crippen LogP contribution in [0.3, 0.4) is 0 Å². The molecule has 1 unspecified atom stereocenters. The highest BCUT2D eigenvalue weighted by Gasteiger charge is 2.24. The first-order valence-electron chi connectivity index (χ1n) is 8.62. The first-order chi connectivity index (χ1) is 12.2. The number of hydrogen-bond acceptors (Lipinski definition) is 4. The number of anilines is 1. The molecule has 1 aliphatic heterocycles. The van der Waals surface area contributed by atoms with Crippen molar-refractivity contribution in [1.29, 1.82) is 0 Å². The van der Waals surface area contributed by atoms with Gasteiger partial charge >= 0.3 is 6.09 Å². The minimum atomic E-state index is -0.472. The third-order valence-electron chi connectivity index (χ3n) is 4.12. The summed E-state index contributed by atoms with van der Waals surface area (Å²) in [4.78, 5) is 18.2. The fourth-order valence-electron chi connectivity index (χ4n) is 2.85. The Morgan fingerprint density at radius 3 is 2.72 bits per heavy atom. The molecule has 0 saturated carbocycles. The van der Waals surface area contributed by atoms with E-state index in [1.54, 1.807) is 7.11 Å². The lowest BCUT2D eigenvalue weighted by molar-refractivity contribution is 0.157. The van der Waals surface area contributed by atoms with Crippen molar-refractivity contribution in [3.05, 3.63) is 29.8 Å². The smallest absolute Gasteiger partial charge is 0.411 e. The summed E-state index contributed by atoms with van der Waals surface area (Å²) in [6.07, 6.45) is 0.659. The normalized spacial score (nSPS) is 17.5. The third-order valence-corrected chi connectivity index (χ3v) is 4.12. The molecule has 1 aliphatic rings. The van der Waals surface area contributed by atoms with E-state index in [4.69, 9.17) is 9.73 Å². The lowest BCUT2D eigenvalue weighted by atomic mass is 10.1. The first-order valence-corrected chi connectivity index (χ1v) is 8.62. The summed E-state index contributed by atoms with van der Waals surface area (Å²) < 4.78 is 9.84. The van der Waals surface area contributed by atoms with Crippen LogP contribution in [0.2, 0.25) is 0 Å². The quantitative estimate of drug-likeness (QED) is 0.609. The van der Waals surface area contributed by atoms with Gasteiger partial charge in [0.05, 0.1) is 20.3 Å². The molecule has 7 heteroatoms. The Hall–Kier alpha value is -2.28. The number of ether oxygens (including phenoxy) is 2. The summed E-state index contributed by atoms with van der Waals surface area (Å²) in [6, 6.07) is 7.60. The monoisotopic (exact) mass is 348 g/mol. The number of carbonyl (C=O) groups excluding carboxylic acids is 1. The van der Waals surface area contributed by atoms with Gasteiger partial charge < -0.3 is 19.7 Å². The highest BCUT2D eigenvalue weighted by atomic mass is 16.5. The van der Waals surface area contributed by atoms with E-state index >= 15 is 0 Å². The van der Waals surface area contributed by atoms with Crippen molar-refractivity contribution < 1.29 is 14.3 Å². The summed E-state index contributed by atoms with van der Waals surface area (Å²) in [7, 11) is 3.09. The maximum atomic E-state index is 11.2. The van der Waals surface area contributed by atoms with Gasteiger partial charge in [0.2, 0.25) is 0 Å². The maximum Gasteiger partial charge on any atom is 0.411 e. The lowest BCUT2D eigenvalue weighted by Gasteiger charge is -2.21. The van der Waals surface area contributed by atoms with Crippen LogP contribution in [0.4, 0.5) is 10.5 Å². The highest BCUT2D eigenvalue weighted by molar-refractivity contribution is 5.84. The van der Waals surface area contributed by atoms with Crippen molar-refractivity contribution in [2.24, 2.45) is 10.9 Å². The summed E-state index contributed by atoms with van der Waals surface area (Å²) in [5.74, 6) is 1.51. The van der Waals surface area contributed by atoms with Crippen LogP contribution < -0.4 is 10.6 Å². The van der Waals surface area contributed by atoms with Gasteiger partial charge in [-0.1, -0.05) is 12.1 Å². The number of likely N-dealkylation sites (tertiary alicyclic amines) is 1. The lowest BCUT2D eigenvalue weighted by Crippen LogP contribution is -2.40. The molecule has 1 fully saturated rings. The zero-order valence-electron chi connectivity index (χ0n) is 15.2. The van der Waals surface area contributed by atoms with E-state index in [9.17, 15) is 4.79 Å². The van der Waals surface area contributed by atoms with Crippen LogP contribution in [0, 0.1) is 5.92 Å². The Bertz CT molecular complexity index is 574. The molecular formula is C18H28N4O3. The minimum absolute atomic E-state index is 0.472. The molecule has 1 saturated heterocycles. The summed E-state index contributed by atoms with van der Waals surface area (Å²) in [5, 5.41) is 6.00. The third kappa shape index (κ3) is 5.94. The predicted molar refractivity (Wildman–Crippen MR) is 98.8 cm³/mol. The maximum absolute atomic E-state index is 11.2. The van der Waals surface area contributed by atoms with E-state index < -0.39 is 6.09 Å². The molecule has 1 aromatic carbocycles. The van der Waals surface area contributed by atoms with E-state index in [0.29, 0.717) is 18.2 Å². The van der Waals surface area contributed by atoms with E-state index in [1.165, 1.54) is 7.11 Å². The van der Waals surface area contributed by atoms with Crippen molar-refractivity contribution in [3.63, 3.8) is 0 Å². The van der Waals surface area contributed by atoms with Crippen molar-refractivity contribution in [3.8, 4) is 0 Å². The zero-order valence-corrected chi connectivity index (χ0v) is 15.2. The molecule has 7 nitrogen and oxygen atoms in total. The van der Waals surface area contributed by atoms with Gasteiger partial charge in [0.1, 0.15) is 0 Å². The Morgan fingerprint density at radius 1 is 1.32 bits per heavy atom. The van der Waals surface area contributed by atoms with Crippen LogP contribution in [0.15, 0.2) is 29.3 Å². The molecule has 0 bridgehead atoms. The number of aliphatic imine (C=N–C) groups is 1. The second-order valence-corrected chi connectivity index (χ2v) is 6.04. The van der Waals surface area contributed by atoms with Gasteiger partial charge in [-0.25, -0.2) is 9.79 Å². The largest absolute Gasteiger partial charge is 0.453 e. The van der Waals surface area contributed by atoms with Gasteiger partial charge in [0.25, 0.3) is 0 Å². The van der Waals surface area contributed by atoms with Gasteiger partial charge in [-0.2, -0.15) is 0 Å². The van der Waals surface area contributed by atoms with Gasteiger partial charge in [0, 0.05) is 38.3 Å². The number of rotatable bonds is 6. The molecule has 1 atom stereocenters. The number of guanidine groups is 1. The second-order valence-electron chi connectivity index (χ2n) is 6.04. The summed E-state index contributed by atoms with van der Waals surface area (Å²) >= 11 is 0. The molecule has 1 amide bonds. The molecule has 138 valence electrons. The van der Waals surface area contributed by atoms with Crippen molar-refractivity contribution in [1.82, 2.24) is 10.2 Å². The van der Waals surface area contributed by atoms with E-state index in [0.717, 1.165) is 44.2 Å². The SMILES string of the molecule is CCNC(=NCc1ccc(NC(=O)OC)cc1)N1CCC(COC)C1. The molecule has 1 heterocycles. The average molecular weight is 348 g/mol. The number of nitrogens with zero attached hydrogens (tertiary/aromatic N) is 2. The molecule has 0 aliphatic carbocycles. The number of benzene rings is 1. The van der Waals surface area contributed by atoms with Crippen molar-refractivity contribution in [2.45, 2.75) is 19.9 Å². The topological polar surface area (TPSA) is 75.2 Å². The molecule has 0 aromatic heterocycles. The van der Waals surface area contributed by atoms with Crippen LogP contribution in [0.1, 0.15) is 18.9 Å². The first kappa shape index (κ1) is 19.1. The fourth-order valence-corrected chi connectivity index (χ4v) is 2.85. The van der Waals surface area contributed by atoms with Gasteiger partial charge in [-0.3, -0.25) is 5.32 Å². The number of hydrogen-bond donors (Lipinski definition) is 2. The number of carbonyl (C=O) groups is 1. The Balaban J connectivity index is 1.95. The molecule has 25 heavy (non-hydrogen) atoms. The van der Waals surface area contributed by atoms with Gasteiger partial charge in [0.15, 0.2) is 5.96 Å². The standard InChI is InChI=1S/C18H28N4O3/c1-4-19-17(22-10-9-15(12-22)13-24-2)20-11-14-5-7-16(8-6-14)21-18(23)25-3/h5-8,15H,4,9-13H2,1-3H3,(H,19,20)(H,21,23). The predicted octanol–water partition coefficient (Wildman–Crippen LogP) is 2.30. The molecule has 0 radical (unpaired) electrons. The van der Waals surface area contributed by atoms with Gasteiger partial charge in [-0.05, 0) is 31.0 Å². The van der Waals surface area contributed by atoms with Crippen LogP contribution in [-0.4, -0.2) is 57.4 Å². The summed E-state index contributed by atoms with van der Waals surface area (Å²) in [5.41, 5.74) is 1.78. The average Bonchev–Trinajstić information content (AvgIpc) is 3.08. The fraction of sp³-hybridized carbons (Fsp3) is 0.556. The van der Waals surface area contributed by atoms with E-state index in [1.807, 2.05) is 24.3 Å². The second kappa shape index (κ2) is 9.88. The number of nitrogens with one attached hydrogen (secondary N) is 2. The number of methoxy groups -OCH3 is 2. The van der Waals surface area contributed by atoms with Crippen LogP contribution in [-0.2, 0) is 16.0 Å². The Labute approximate surface area is 149 Å². The molecule has 2 N–H and O–H groups in total. The van der Waals surface area contributed by atoms with Crippen molar-refractivity contribution >= 4 is 17.7 Å². The Kier molecular flexibility index (Phi) is 7.53. The molecule has 1 aromatic rings. The van der Waals surface area contributed by atoms with Crippen LogP contribution in [0.5, 0.6) is 0 Å². The van der Waals surface area contributed by atoms with Crippen LogP contribution in [0.25, 0.3) is 0 Å². The van der Waals surface area contributed by atoms with E-state index in [2.05, 4.69) is 27.2 Å². The summed E-state index contributed by atoms with van der Waals surface area (Å²) in [6.45, 7) is 6.28. The zero-order chi connectivity index (χ0) is 18.1. The molecule has 2 rings (SSSR count). The molecule has 0 spiro atoms.